The normalized spacial score (nSPS) is 24.7. The lowest BCUT2D eigenvalue weighted by Crippen LogP contribution is -2.21. The third-order valence-corrected chi connectivity index (χ3v) is 4.98. The Morgan fingerprint density at radius 3 is 2.72 bits per heavy atom. The molecule has 0 aromatic heterocycles. The van der Waals surface area contributed by atoms with Crippen molar-refractivity contribution in [2.45, 2.75) is 44.0 Å². The molecule has 5 unspecified atom stereocenters. The highest BCUT2D eigenvalue weighted by atomic mass is 16.5. The number of hydrogen-bond donors (Lipinski definition) is 3. The summed E-state index contributed by atoms with van der Waals surface area (Å²) >= 11 is 0. The van der Waals surface area contributed by atoms with Gasteiger partial charge in [-0.05, 0) is 43.0 Å². The molecule has 1 fully saturated rings. The van der Waals surface area contributed by atoms with Gasteiger partial charge in [0.05, 0.1) is 19.3 Å². The Bertz CT molecular complexity index is 707. The van der Waals surface area contributed by atoms with Crippen LogP contribution in [0.4, 0.5) is 0 Å². The van der Waals surface area contributed by atoms with Gasteiger partial charge in [-0.1, -0.05) is 30.4 Å². The van der Waals surface area contributed by atoms with E-state index in [1.54, 1.807) is 24.3 Å². The van der Waals surface area contributed by atoms with Crippen molar-refractivity contribution in [1.82, 2.24) is 0 Å². The largest absolute Gasteiger partial charge is 0.491 e. The number of methoxy groups -OCH3 is 1. The summed E-state index contributed by atoms with van der Waals surface area (Å²) in [7, 11) is 1.35. The van der Waals surface area contributed by atoms with Crippen LogP contribution in [0.5, 0.6) is 5.75 Å². The minimum absolute atomic E-state index is 0.110. The summed E-state index contributed by atoms with van der Waals surface area (Å²) in [5, 5.41) is 30.6. The Balaban J connectivity index is 1.85. The highest BCUT2D eigenvalue weighted by molar-refractivity contribution is 5.69. The topological polar surface area (TPSA) is 96.2 Å². The van der Waals surface area contributed by atoms with Crippen molar-refractivity contribution in [3.8, 4) is 5.75 Å². The minimum atomic E-state index is -0.811. The van der Waals surface area contributed by atoms with E-state index in [0.29, 0.717) is 31.4 Å². The molecule has 1 aliphatic carbocycles. The molecule has 0 aliphatic heterocycles. The van der Waals surface area contributed by atoms with Crippen molar-refractivity contribution in [3.05, 3.63) is 60.4 Å². The molecular weight excluding hydrogens is 372 g/mol. The fourth-order valence-electron chi connectivity index (χ4n) is 3.38. The molecule has 5 atom stereocenters. The first-order valence-corrected chi connectivity index (χ1v) is 9.87. The van der Waals surface area contributed by atoms with Gasteiger partial charge < -0.3 is 24.8 Å². The number of carbonyl (C=O) groups excluding carboxylic acids is 1. The molecular formula is C23H30O6. The quantitative estimate of drug-likeness (QED) is 0.316. The van der Waals surface area contributed by atoms with E-state index in [4.69, 9.17) is 4.74 Å². The molecule has 1 aromatic carbocycles. The smallest absolute Gasteiger partial charge is 0.305 e. The highest BCUT2D eigenvalue weighted by Crippen LogP contribution is 2.36. The zero-order valence-corrected chi connectivity index (χ0v) is 16.7. The summed E-state index contributed by atoms with van der Waals surface area (Å²) in [6, 6.07) is 9.23. The molecule has 1 aromatic rings. The first kappa shape index (κ1) is 22.9. The summed E-state index contributed by atoms with van der Waals surface area (Å²) in [6.07, 6.45) is 6.52. The van der Waals surface area contributed by atoms with E-state index in [0.717, 1.165) is 0 Å². The van der Waals surface area contributed by atoms with E-state index < -0.39 is 18.3 Å². The van der Waals surface area contributed by atoms with Crippen LogP contribution in [0.3, 0.4) is 0 Å². The first-order chi connectivity index (χ1) is 14.0. The molecule has 2 rings (SSSR count). The zero-order chi connectivity index (χ0) is 21.1. The van der Waals surface area contributed by atoms with Gasteiger partial charge in [-0.25, -0.2) is 0 Å². The molecule has 0 amide bonds. The number of benzene rings is 1. The summed E-state index contributed by atoms with van der Waals surface area (Å²) in [6.45, 7) is 0.110. The van der Waals surface area contributed by atoms with Crippen molar-refractivity contribution in [1.29, 1.82) is 0 Å². The Hall–Kier alpha value is -2.37. The second-order valence-corrected chi connectivity index (χ2v) is 7.11. The van der Waals surface area contributed by atoms with Gasteiger partial charge in [0.2, 0.25) is 0 Å². The van der Waals surface area contributed by atoms with Gasteiger partial charge in [0.25, 0.3) is 0 Å². The number of allylic oxidation sites excluding steroid dienone is 1. The second-order valence-electron chi connectivity index (χ2n) is 7.11. The summed E-state index contributed by atoms with van der Waals surface area (Å²) < 4.78 is 10.1. The Kier molecular flexibility index (Phi) is 9.68. The van der Waals surface area contributed by atoms with Crippen LogP contribution in [0, 0.1) is 11.8 Å². The Labute approximate surface area is 171 Å². The lowest BCUT2D eigenvalue weighted by atomic mass is 9.90. The number of ether oxygens (including phenoxy) is 2. The molecule has 0 bridgehead atoms. The zero-order valence-electron chi connectivity index (χ0n) is 16.7. The minimum Gasteiger partial charge on any atom is -0.491 e. The predicted molar refractivity (Wildman–Crippen MR) is 109 cm³/mol. The van der Waals surface area contributed by atoms with E-state index >= 15 is 0 Å². The van der Waals surface area contributed by atoms with E-state index in [-0.39, 0.29) is 24.4 Å². The number of rotatable bonds is 10. The Morgan fingerprint density at radius 1 is 1.24 bits per heavy atom. The van der Waals surface area contributed by atoms with Gasteiger partial charge >= 0.3 is 5.97 Å². The maximum Gasteiger partial charge on any atom is 0.305 e. The number of carbonyl (C=O) groups is 1. The highest BCUT2D eigenvalue weighted by Gasteiger charge is 2.39. The molecule has 0 radical (unpaired) electrons. The molecule has 0 spiro atoms. The van der Waals surface area contributed by atoms with Crippen LogP contribution in [0.15, 0.2) is 60.4 Å². The van der Waals surface area contributed by atoms with Crippen molar-refractivity contribution >= 4 is 5.97 Å². The molecule has 29 heavy (non-hydrogen) atoms. The third-order valence-electron chi connectivity index (χ3n) is 4.98. The monoisotopic (exact) mass is 402 g/mol. The summed E-state index contributed by atoms with van der Waals surface area (Å²) in [5.41, 5.74) is 3.01. The molecule has 1 saturated carbocycles. The lowest BCUT2D eigenvalue weighted by molar-refractivity contribution is -0.140. The number of aliphatic hydroxyl groups is 3. The molecule has 3 N–H and O–H groups in total. The van der Waals surface area contributed by atoms with Crippen molar-refractivity contribution in [3.63, 3.8) is 0 Å². The summed E-state index contributed by atoms with van der Waals surface area (Å²) in [4.78, 5) is 11.1. The van der Waals surface area contributed by atoms with Crippen LogP contribution < -0.4 is 4.74 Å². The molecule has 1 aliphatic rings. The van der Waals surface area contributed by atoms with Gasteiger partial charge in [-0.15, -0.1) is 5.73 Å². The number of hydrogen-bond acceptors (Lipinski definition) is 6. The fraction of sp³-hybridized carbons (Fsp3) is 0.478. The second kappa shape index (κ2) is 12.2. The van der Waals surface area contributed by atoms with E-state index in [9.17, 15) is 20.1 Å². The molecule has 0 saturated heterocycles. The fourth-order valence-corrected chi connectivity index (χ4v) is 3.38. The molecule has 158 valence electrons. The van der Waals surface area contributed by atoms with Crippen LogP contribution in [0.1, 0.15) is 25.7 Å². The van der Waals surface area contributed by atoms with Crippen LogP contribution in [0.2, 0.25) is 0 Å². The Morgan fingerprint density at radius 2 is 2.00 bits per heavy atom. The standard InChI is InChI=1S/C23H30O6/c1-28-23(27)12-8-3-2-7-11-19-20(22(26)15-21(19)25)14-13-17(24)16-29-18-9-5-4-6-10-18/h3-7,9-10,13-14,17,19-22,24-26H,8,11-12,15-16H2,1H3/b14-13+. The average molecular weight is 402 g/mol. The van der Waals surface area contributed by atoms with Crippen LogP contribution in [0.25, 0.3) is 0 Å². The summed E-state index contributed by atoms with van der Waals surface area (Å²) in [5.74, 6) is -0.00911. The first-order valence-electron chi connectivity index (χ1n) is 9.87. The van der Waals surface area contributed by atoms with E-state index in [1.807, 2.05) is 30.3 Å². The maximum atomic E-state index is 11.1. The van der Waals surface area contributed by atoms with E-state index in [2.05, 4.69) is 10.5 Å². The number of esters is 1. The van der Waals surface area contributed by atoms with Crippen LogP contribution in [-0.2, 0) is 9.53 Å². The van der Waals surface area contributed by atoms with Gasteiger partial charge in [0.15, 0.2) is 0 Å². The lowest BCUT2D eigenvalue weighted by Gasteiger charge is -2.19. The van der Waals surface area contributed by atoms with Crippen molar-refractivity contribution in [2.24, 2.45) is 11.8 Å². The van der Waals surface area contributed by atoms with Crippen LogP contribution >= 0.6 is 0 Å². The van der Waals surface area contributed by atoms with Gasteiger partial charge in [-0.2, -0.15) is 0 Å². The van der Waals surface area contributed by atoms with Gasteiger partial charge in [0.1, 0.15) is 18.5 Å². The van der Waals surface area contributed by atoms with E-state index in [1.165, 1.54) is 7.11 Å². The molecule has 6 heteroatoms. The maximum absolute atomic E-state index is 11.1. The van der Waals surface area contributed by atoms with Crippen molar-refractivity contribution in [2.75, 3.05) is 13.7 Å². The predicted octanol–water partition coefficient (Wildman–Crippen LogP) is 2.40. The number of para-hydroxylation sites is 1. The SMILES string of the molecule is COC(=O)CCC=C=CCC1C(O)CC(O)C1/C=C/C(O)COc1ccccc1. The average Bonchev–Trinajstić information content (AvgIpc) is 3.00. The van der Waals surface area contributed by atoms with Crippen LogP contribution in [-0.4, -0.2) is 53.3 Å². The van der Waals surface area contributed by atoms with Crippen molar-refractivity contribution < 1.29 is 29.6 Å². The van der Waals surface area contributed by atoms with Gasteiger partial charge in [0, 0.05) is 18.8 Å². The molecule has 6 nitrogen and oxygen atoms in total. The molecule has 0 heterocycles. The van der Waals surface area contributed by atoms with Gasteiger partial charge in [-0.3, -0.25) is 4.79 Å². The number of aliphatic hydroxyl groups excluding tert-OH is 3. The third kappa shape index (κ3) is 7.87.